The fraction of sp³-hybridized carbons (Fsp3) is 0.929. The van der Waals surface area contributed by atoms with Crippen LogP contribution in [0.4, 0.5) is 0 Å². The number of aliphatic hydroxyl groups is 1. The average Bonchev–Trinajstić information content (AvgIpc) is 2.39. The minimum atomic E-state index is -0.515. The first-order valence-electron chi connectivity index (χ1n) is 7.23. The molecule has 1 aliphatic carbocycles. The molecule has 0 aromatic heterocycles. The van der Waals surface area contributed by atoms with Crippen molar-refractivity contribution in [2.45, 2.75) is 57.5 Å². The standard InChI is InChI=1S/C14H28N2O2/c1-3-12-6-8-14(18,9-7-12)11-16-10-4-5-13(17)15-2/h12,16,18H,3-11H2,1-2H3,(H,15,17). The Morgan fingerprint density at radius 1 is 1.39 bits per heavy atom. The highest BCUT2D eigenvalue weighted by molar-refractivity contribution is 5.75. The van der Waals surface area contributed by atoms with Gasteiger partial charge in [0, 0.05) is 20.0 Å². The molecule has 0 saturated heterocycles. The Morgan fingerprint density at radius 3 is 2.61 bits per heavy atom. The number of carbonyl (C=O) groups is 1. The predicted molar refractivity (Wildman–Crippen MR) is 73.4 cm³/mol. The van der Waals surface area contributed by atoms with Crippen molar-refractivity contribution in [2.24, 2.45) is 5.92 Å². The summed E-state index contributed by atoms with van der Waals surface area (Å²) in [5.41, 5.74) is -0.515. The van der Waals surface area contributed by atoms with Crippen LogP contribution in [0.5, 0.6) is 0 Å². The molecule has 1 amide bonds. The van der Waals surface area contributed by atoms with Crippen LogP contribution >= 0.6 is 0 Å². The Hall–Kier alpha value is -0.610. The second-order valence-electron chi connectivity index (χ2n) is 5.53. The van der Waals surface area contributed by atoms with Gasteiger partial charge in [0.05, 0.1) is 5.60 Å². The Labute approximate surface area is 111 Å². The van der Waals surface area contributed by atoms with E-state index < -0.39 is 5.60 Å². The van der Waals surface area contributed by atoms with Gasteiger partial charge in [-0.1, -0.05) is 13.3 Å². The largest absolute Gasteiger partial charge is 0.389 e. The molecule has 0 spiro atoms. The molecule has 106 valence electrons. The first-order chi connectivity index (χ1) is 8.59. The molecule has 0 aromatic carbocycles. The zero-order valence-corrected chi connectivity index (χ0v) is 11.8. The number of carbonyl (C=O) groups excluding carboxylic acids is 1. The molecule has 1 rings (SSSR count). The van der Waals surface area contributed by atoms with E-state index in [1.807, 2.05) is 0 Å². The van der Waals surface area contributed by atoms with E-state index in [0.29, 0.717) is 13.0 Å². The fourth-order valence-electron chi connectivity index (χ4n) is 2.62. The molecule has 0 bridgehead atoms. The maximum Gasteiger partial charge on any atom is 0.219 e. The Bertz CT molecular complexity index is 248. The normalized spacial score (nSPS) is 28.1. The molecule has 4 heteroatoms. The molecular weight excluding hydrogens is 228 g/mol. The third-order valence-corrected chi connectivity index (χ3v) is 4.10. The summed E-state index contributed by atoms with van der Waals surface area (Å²) in [7, 11) is 1.66. The molecule has 0 atom stereocenters. The Balaban J connectivity index is 2.10. The molecule has 0 aliphatic heterocycles. The van der Waals surface area contributed by atoms with Gasteiger partial charge < -0.3 is 15.7 Å². The van der Waals surface area contributed by atoms with Gasteiger partial charge in [0.2, 0.25) is 5.91 Å². The Morgan fingerprint density at radius 2 is 2.06 bits per heavy atom. The monoisotopic (exact) mass is 256 g/mol. The summed E-state index contributed by atoms with van der Waals surface area (Å²) >= 11 is 0. The van der Waals surface area contributed by atoms with E-state index in [2.05, 4.69) is 17.6 Å². The van der Waals surface area contributed by atoms with Gasteiger partial charge in [-0.15, -0.1) is 0 Å². The number of rotatable bonds is 7. The van der Waals surface area contributed by atoms with E-state index in [1.165, 1.54) is 6.42 Å². The topological polar surface area (TPSA) is 61.4 Å². The van der Waals surface area contributed by atoms with Crippen LogP contribution in [0.2, 0.25) is 0 Å². The molecule has 1 aliphatic rings. The summed E-state index contributed by atoms with van der Waals surface area (Å²) in [6, 6.07) is 0. The van der Waals surface area contributed by atoms with Crippen molar-refractivity contribution >= 4 is 5.91 Å². The number of hydrogen-bond donors (Lipinski definition) is 3. The quantitative estimate of drug-likeness (QED) is 0.604. The van der Waals surface area contributed by atoms with Crippen molar-refractivity contribution in [1.29, 1.82) is 0 Å². The highest BCUT2D eigenvalue weighted by atomic mass is 16.3. The van der Waals surface area contributed by atoms with E-state index in [0.717, 1.165) is 44.6 Å². The molecule has 0 unspecified atom stereocenters. The molecule has 1 saturated carbocycles. The van der Waals surface area contributed by atoms with Gasteiger partial charge in [0.15, 0.2) is 0 Å². The summed E-state index contributed by atoms with van der Waals surface area (Å²) in [5.74, 6) is 0.887. The summed E-state index contributed by atoms with van der Waals surface area (Å²) in [6.07, 6.45) is 6.73. The lowest BCUT2D eigenvalue weighted by atomic mass is 9.78. The van der Waals surface area contributed by atoms with E-state index in [-0.39, 0.29) is 5.91 Å². The van der Waals surface area contributed by atoms with Crippen LogP contribution in [0, 0.1) is 5.92 Å². The Kier molecular flexibility index (Phi) is 6.65. The summed E-state index contributed by atoms with van der Waals surface area (Å²) in [6.45, 7) is 3.69. The molecule has 18 heavy (non-hydrogen) atoms. The van der Waals surface area contributed by atoms with Crippen molar-refractivity contribution < 1.29 is 9.90 Å². The SMILES string of the molecule is CCC1CCC(O)(CNCCCC(=O)NC)CC1. The van der Waals surface area contributed by atoms with Crippen molar-refractivity contribution in [2.75, 3.05) is 20.1 Å². The van der Waals surface area contributed by atoms with Crippen molar-refractivity contribution in [3.63, 3.8) is 0 Å². The van der Waals surface area contributed by atoms with E-state index >= 15 is 0 Å². The minimum absolute atomic E-state index is 0.0824. The summed E-state index contributed by atoms with van der Waals surface area (Å²) < 4.78 is 0. The first kappa shape index (κ1) is 15.4. The zero-order valence-electron chi connectivity index (χ0n) is 11.8. The summed E-state index contributed by atoms with van der Waals surface area (Å²) in [4.78, 5) is 11.0. The van der Waals surface area contributed by atoms with Crippen LogP contribution in [0.3, 0.4) is 0 Å². The molecule has 0 aromatic rings. The zero-order chi connectivity index (χ0) is 13.4. The van der Waals surface area contributed by atoms with Gasteiger partial charge in [0.1, 0.15) is 0 Å². The first-order valence-corrected chi connectivity index (χ1v) is 7.23. The second kappa shape index (κ2) is 7.74. The lowest BCUT2D eigenvalue weighted by Crippen LogP contribution is -2.43. The number of hydrogen-bond acceptors (Lipinski definition) is 3. The average molecular weight is 256 g/mol. The highest BCUT2D eigenvalue weighted by Crippen LogP contribution is 2.33. The van der Waals surface area contributed by atoms with Crippen LogP contribution in [0.25, 0.3) is 0 Å². The van der Waals surface area contributed by atoms with Crippen molar-refractivity contribution in [1.82, 2.24) is 10.6 Å². The maximum atomic E-state index is 11.0. The molecule has 0 heterocycles. The molecule has 1 fully saturated rings. The van der Waals surface area contributed by atoms with E-state index in [9.17, 15) is 9.90 Å². The van der Waals surface area contributed by atoms with Gasteiger partial charge in [-0.3, -0.25) is 4.79 Å². The van der Waals surface area contributed by atoms with E-state index in [4.69, 9.17) is 0 Å². The molecule has 4 nitrogen and oxygen atoms in total. The van der Waals surface area contributed by atoms with E-state index in [1.54, 1.807) is 7.05 Å². The van der Waals surface area contributed by atoms with Crippen LogP contribution in [0.15, 0.2) is 0 Å². The molecule has 0 radical (unpaired) electrons. The fourth-order valence-corrected chi connectivity index (χ4v) is 2.62. The lowest BCUT2D eigenvalue weighted by Gasteiger charge is -2.36. The van der Waals surface area contributed by atoms with Crippen LogP contribution in [-0.2, 0) is 4.79 Å². The van der Waals surface area contributed by atoms with Crippen molar-refractivity contribution in [3.8, 4) is 0 Å². The van der Waals surface area contributed by atoms with Gasteiger partial charge in [-0.2, -0.15) is 0 Å². The number of amides is 1. The van der Waals surface area contributed by atoms with Gasteiger partial charge >= 0.3 is 0 Å². The van der Waals surface area contributed by atoms with Crippen LogP contribution in [-0.4, -0.2) is 36.8 Å². The third kappa shape index (κ3) is 5.36. The van der Waals surface area contributed by atoms with Gasteiger partial charge in [-0.25, -0.2) is 0 Å². The predicted octanol–water partition coefficient (Wildman–Crippen LogP) is 1.43. The van der Waals surface area contributed by atoms with Gasteiger partial charge in [-0.05, 0) is 44.6 Å². The highest BCUT2D eigenvalue weighted by Gasteiger charge is 2.31. The molecule has 3 N–H and O–H groups in total. The van der Waals surface area contributed by atoms with Gasteiger partial charge in [0.25, 0.3) is 0 Å². The summed E-state index contributed by atoms with van der Waals surface area (Å²) in [5, 5.41) is 16.3. The minimum Gasteiger partial charge on any atom is -0.389 e. The maximum absolute atomic E-state index is 11.0. The smallest absolute Gasteiger partial charge is 0.219 e. The van der Waals surface area contributed by atoms with Crippen LogP contribution < -0.4 is 10.6 Å². The van der Waals surface area contributed by atoms with Crippen molar-refractivity contribution in [3.05, 3.63) is 0 Å². The molecular formula is C14H28N2O2. The second-order valence-corrected chi connectivity index (χ2v) is 5.53. The lowest BCUT2D eigenvalue weighted by molar-refractivity contribution is -0.120. The van der Waals surface area contributed by atoms with Crippen LogP contribution in [0.1, 0.15) is 51.9 Å². The third-order valence-electron chi connectivity index (χ3n) is 4.10. The number of nitrogens with one attached hydrogen (secondary N) is 2.